The predicted octanol–water partition coefficient (Wildman–Crippen LogP) is 2.55. The molecular weight excluding hydrogens is 306 g/mol. The van der Waals surface area contributed by atoms with Gasteiger partial charge in [0.1, 0.15) is 0 Å². The molecular formula is C14H13N3O6. The number of nitro benzene ring substituents is 2. The van der Waals surface area contributed by atoms with Gasteiger partial charge in [-0.3, -0.25) is 20.2 Å². The zero-order chi connectivity index (χ0) is 16.8. The minimum Gasteiger partial charge on any atom is -0.462 e. The van der Waals surface area contributed by atoms with Gasteiger partial charge in [-0.15, -0.1) is 0 Å². The Kier molecular flexibility index (Phi) is 5.03. The smallest absolute Gasteiger partial charge is 0.338 e. The summed E-state index contributed by atoms with van der Waals surface area (Å²) in [4.78, 5) is 31.8. The highest BCUT2D eigenvalue weighted by Crippen LogP contribution is 2.23. The zero-order valence-electron chi connectivity index (χ0n) is 12.0. The summed E-state index contributed by atoms with van der Waals surface area (Å²) in [6.07, 6.45) is 4.29. The number of hydrogen-bond acceptors (Lipinski definition) is 6. The van der Waals surface area contributed by atoms with Gasteiger partial charge in [0.05, 0.1) is 28.1 Å². The summed E-state index contributed by atoms with van der Waals surface area (Å²) in [5, 5.41) is 21.5. The van der Waals surface area contributed by atoms with Crippen LogP contribution in [0.4, 0.5) is 11.4 Å². The van der Waals surface area contributed by atoms with Crippen molar-refractivity contribution in [3.05, 3.63) is 68.5 Å². The first-order chi connectivity index (χ1) is 11.0. The largest absolute Gasteiger partial charge is 0.462 e. The van der Waals surface area contributed by atoms with Crippen LogP contribution in [0.15, 0.2) is 42.7 Å². The maximum atomic E-state index is 11.9. The van der Waals surface area contributed by atoms with Crippen molar-refractivity contribution in [1.29, 1.82) is 0 Å². The average molecular weight is 319 g/mol. The SMILES string of the molecule is O=C(OCCCn1cccc1)c1cc([N+](=O)[O-])cc([N+](=O)[O-])c1. The number of rotatable bonds is 7. The van der Waals surface area contributed by atoms with E-state index in [1.807, 2.05) is 29.1 Å². The van der Waals surface area contributed by atoms with Crippen molar-refractivity contribution in [3.63, 3.8) is 0 Å². The second-order valence-electron chi connectivity index (χ2n) is 4.66. The fourth-order valence-electron chi connectivity index (χ4n) is 1.94. The van der Waals surface area contributed by atoms with Crippen LogP contribution in [0, 0.1) is 20.2 Å². The van der Waals surface area contributed by atoms with Crippen LogP contribution >= 0.6 is 0 Å². The van der Waals surface area contributed by atoms with Gasteiger partial charge in [0.25, 0.3) is 11.4 Å². The summed E-state index contributed by atoms with van der Waals surface area (Å²) in [5.41, 5.74) is -1.27. The lowest BCUT2D eigenvalue weighted by molar-refractivity contribution is -0.394. The van der Waals surface area contributed by atoms with Gasteiger partial charge in [-0.1, -0.05) is 0 Å². The third-order valence-corrected chi connectivity index (χ3v) is 3.02. The number of nitro groups is 2. The van der Waals surface area contributed by atoms with E-state index in [4.69, 9.17) is 4.74 Å². The highest BCUT2D eigenvalue weighted by Gasteiger charge is 2.20. The minimum atomic E-state index is -0.829. The first-order valence-electron chi connectivity index (χ1n) is 6.69. The average Bonchev–Trinajstić information content (AvgIpc) is 3.04. The van der Waals surface area contributed by atoms with Crippen LogP contribution in [0.3, 0.4) is 0 Å². The number of esters is 1. The molecule has 0 unspecified atom stereocenters. The summed E-state index contributed by atoms with van der Waals surface area (Å²) in [6, 6.07) is 6.45. The van der Waals surface area contributed by atoms with Crippen molar-refractivity contribution in [2.24, 2.45) is 0 Å². The van der Waals surface area contributed by atoms with E-state index in [-0.39, 0.29) is 12.2 Å². The van der Waals surface area contributed by atoms with E-state index in [2.05, 4.69) is 0 Å². The Balaban J connectivity index is 2.00. The van der Waals surface area contributed by atoms with Gasteiger partial charge in [-0.2, -0.15) is 0 Å². The van der Waals surface area contributed by atoms with Crippen molar-refractivity contribution < 1.29 is 19.4 Å². The van der Waals surface area contributed by atoms with Crippen molar-refractivity contribution in [1.82, 2.24) is 4.57 Å². The van der Waals surface area contributed by atoms with Gasteiger partial charge in [0, 0.05) is 31.1 Å². The Bertz CT molecular complexity index is 694. The molecule has 0 spiro atoms. The molecule has 1 aromatic heterocycles. The van der Waals surface area contributed by atoms with Crippen LogP contribution in [-0.4, -0.2) is 27.0 Å². The van der Waals surface area contributed by atoms with Crippen LogP contribution < -0.4 is 0 Å². The lowest BCUT2D eigenvalue weighted by atomic mass is 10.2. The van der Waals surface area contributed by atoms with Crippen LogP contribution in [-0.2, 0) is 11.3 Å². The molecule has 0 aliphatic carbocycles. The molecule has 1 heterocycles. The molecule has 120 valence electrons. The molecule has 0 fully saturated rings. The fourth-order valence-corrected chi connectivity index (χ4v) is 1.94. The van der Waals surface area contributed by atoms with Gasteiger partial charge >= 0.3 is 5.97 Å². The van der Waals surface area contributed by atoms with Gasteiger partial charge in [0.15, 0.2) is 0 Å². The Morgan fingerprint density at radius 3 is 2.13 bits per heavy atom. The summed E-state index contributed by atoms with van der Waals surface area (Å²) in [7, 11) is 0. The summed E-state index contributed by atoms with van der Waals surface area (Å²) < 4.78 is 6.91. The number of nitrogens with zero attached hydrogens (tertiary/aromatic N) is 3. The summed E-state index contributed by atoms with van der Waals surface area (Å²) in [6.45, 7) is 0.753. The molecule has 0 aliphatic heterocycles. The second-order valence-corrected chi connectivity index (χ2v) is 4.66. The van der Waals surface area contributed by atoms with E-state index in [1.165, 1.54) is 0 Å². The van der Waals surface area contributed by atoms with Crippen LogP contribution in [0.25, 0.3) is 0 Å². The fraction of sp³-hybridized carbons (Fsp3) is 0.214. The van der Waals surface area contributed by atoms with Crippen LogP contribution in [0.2, 0.25) is 0 Å². The molecule has 9 nitrogen and oxygen atoms in total. The first kappa shape index (κ1) is 16.1. The molecule has 0 radical (unpaired) electrons. The van der Waals surface area contributed by atoms with Crippen molar-refractivity contribution >= 4 is 17.3 Å². The number of benzene rings is 1. The van der Waals surface area contributed by atoms with Crippen molar-refractivity contribution in [3.8, 4) is 0 Å². The number of carbonyl (C=O) groups is 1. The number of ether oxygens (including phenoxy) is 1. The molecule has 0 saturated carbocycles. The molecule has 23 heavy (non-hydrogen) atoms. The number of hydrogen-bond donors (Lipinski definition) is 0. The molecule has 0 N–H and O–H groups in total. The van der Waals surface area contributed by atoms with Gasteiger partial charge < -0.3 is 9.30 Å². The van der Waals surface area contributed by atoms with E-state index in [9.17, 15) is 25.0 Å². The molecule has 1 aromatic carbocycles. The Morgan fingerprint density at radius 1 is 1.04 bits per heavy atom. The number of carbonyl (C=O) groups excluding carboxylic acids is 1. The van der Waals surface area contributed by atoms with Crippen LogP contribution in [0.1, 0.15) is 16.8 Å². The molecule has 9 heteroatoms. The van der Waals surface area contributed by atoms with Gasteiger partial charge in [0.2, 0.25) is 0 Å². The Hall–Kier alpha value is -3.23. The maximum Gasteiger partial charge on any atom is 0.338 e. The Morgan fingerprint density at radius 2 is 1.61 bits per heavy atom. The maximum absolute atomic E-state index is 11.9. The van der Waals surface area contributed by atoms with E-state index in [0.717, 1.165) is 18.2 Å². The number of non-ortho nitro benzene ring substituents is 2. The highest BCUT2D eigenvalue weighted by atomic mass is 16.6. The number of aromatic nitrogens is 1. The molecule has 2 aromatic rings. The first-order valence-corrected chi connectivity index (χ1v) is 6.69. The quantitative estimate of drug-likeness (QED) is 0.335. The molecule has 0 amide bonds. The van der Waals surface area contributed by atoms with Gasteiger partial charge in [-0.25, -0.2) is 4.79 Å². The molecule has 0 bridgehead atoms. The lowest BCUT2D eigenvalue weighted by Crippen LogP contribution is -2.09. The predicted molar refractivity (Wildman–Crippen MR) is 79.1 cm³/mol. The zero-order valence-corrected chi connectivity index (χ0v) is 12.0. The van der Waals surface area contributed by atoms with E-state index >= 15 is 0 Å². The minimum absolute atomic E-state index is 0.105. The second kappa shape index (κ2) is 7.16. The number of aryl methyl sites for hydroxylation is 1. The normalized spacial score (nSPS) is 10.3. The molecule has 2 rings (SSSR count). The monoisotopic (exact) mass is 319 g/mol. The Labute approximate surface area is 130 Å². The van der Waals surface area contributed by atoms with Crippen molar-refractivity contribution in [2.45, 2.75) is 13.0 Å². The standard InChI is InChI=1S/C14H13N3O6/c18-14(23-7-3-6-15-4-1-2-5-15)11-8-12(16(19)20)10-13(9-11)17(21)22/h1-2,4-5,8-10H,3,6-7H2. The van der Waals surface area contributed by atoms with Gasteiger partial charge in [-0.05, 0) is 18.6 Å². The van der Waals surface area contributed by atoms with Crippen molar-refractivity contribution in [2.75, 3.05) is 6.61 Å². The third-order valence-electron chi connectivity index (χ3n) is 3.02. The summed E-state index contributed by atoms with van der Waals surface area (Å²) >= 11 is 0. The lowest BCUT2D eigenvalue weighted by Gasteiger charge is -2.06. The molecule has 0 atom stereocenters. The van der Waals surface area contributed by atoms with E-state index in [0.29, 0.717) is 13.0 Å². The summed E-state index contributed by atoms with van der Waals surface area (Å²) in [5.74, 6) is -0.829. The highest BCUT2D eigenvalue weighted by molar-refractivity contribution is 5.91. The topological polar surface area (TPSA) is 118 Å². The van der Waals surface area contributed by atoms with Crippen LogP contribution in [0.5, 0.6) is 0 Å². The van der Waals surface area contributed by atoms with E-state index < -0.39 is 27.2 Å². The molecule has 0 saturated heterocycles. The molecule has 0 aliphatic rings. The van der Waals surface area contributed by atoms with E-state index in [1.54, 1.807) is 0 Å². The third kappa shape index (κ3) is 4.37.